The zero-order valence-corrected chi connectivity index (χ0v) is 33.9. The molecule has 1 aromatic heterocycles. The Kier molecular flexibility index (Phi) is 13.6. The number of nitriles is 2. The lowest BCUT2D eigenvalue weighted by atomic mass is 9.79. The molecule has 3 aromatic carbocycles. The SMILES string of the molecule is COc1ccc(C(OC[C@H]2O[C@@H](n3cc(C)c(=O)[nH]c3=O)C[C@]2(CC#N)O[P+](O)(CCC#N)N(C(C)C)C(C)C)(c2ccccc2)c2ccc(OC)cc2)cc1. The number of H-pyrrole nitrogens is 1. The number of rotatable bonds is 17. The van der Waals surface area contributed by atoms with Crippen LogP contribution >= 0.6 is 7.87 Å². The van der Waals surface area contributed by atoms with Crippen molar-refractivity contribution < 1.29 is 28.4 Å². The van der Waals surface area contributed by atoms with Crippen LogP contribution in [0.3, 0.4) is 0 Å². The number of hydrogen-bond donors (Lipinski definition) is 2. The number of nitrogens with one attached hydrogen (secondary N) is 1. The van der Waals surface area contributed by atoms with Gasteiger partial charge in [0.15, 0.2) is 5.60 Å². The highest BCUT2D eigenvalue weighted by Gasteiger charge is 2.62. The molecular formula is C42H51N5O8P+. The lowest BCUT2D eigenvalue weighted by Crippen LogP contribution is -2.49. The minimum atomic E-state index is -3.64. The number of hydrogen-bond acceptors (Lipinski definition) is 11. The maximum atomic E-state index is 13.3. The van der Waals surface area contributed by atoms with Crippen LogP contribution in [0.25, 0.3) is 0 Å². The number of aromatic nitrogens is 2. The third-order valence-electron chi connectivity index (χ3n) is 10.1. The van der Waals surface area contributed by atoms with Crippen LogP contribution in [0.15, 0.2) is 94.6 Å². The number of nitrogens with zero attached hydrogens (tertiary/aromatic N) is 4. The fourth-order valence-corrected chi connectivity index (χ4v) is 10.8. The number of benzene rings is 3. The molecule has 0 amide bonds. The van der Waals surface area contributed by atoms with Crippen molar-refractivity contribution in [2.45, 2.75) is 89.5 Å². The summed E-state index contributed by atoms with van der Waals surface area (Å²) in [6.07, 6.45) is -0.960. The summed E-state index contributed by atoms with van der Waals surface area (Å²) in [6, 6.07) is 28.8. The molecule has 0 aliphatic carbocycles. The first kappa shape index (κ1) is 42.3. The number of aromatic amines is 1. The molecule has 4 aromatic rings. The van der Waals surface area contributed by atoms with Crippen LogP contribution in [-0.2, 0) is 19.6 Å². The van der Waals surface area contributed by atoms with Gasteiger partial charge in [0.1, 0.15) is 35.6 Å². The Morgan fingerprint density at radius 3 is 1.98 bits per heavy atom. The Morgan fingerprint density at radius 1 is 0.929 bits per heavy atom. The van der Waals surface area contributed by atoms with Gasteiger partial charge >= 0.3 is 13.6 Å². The van der Waals surface area contributed by atoms with Crippen molar-refractivity contribution in [3.63, 3.8) is 0 Å². The molecule has 0 radical (unpaired) electrons. The van der Waals surface area contributed by atoms with Gasteiger partial charge in [-0.15, -0.1) is 4.67 Å². The largest absolute Gasteiger partial charge is 0.497 e. The van der Waals surface area contributed by atoms with E-state index in [0.29, 0.717) is 11.5 Å². The van der Waals surface area contributed by atoms with Crippen LogP contribution < -0.4 is 20.7 Å². The molecule has 56 heavy (non-hydrogen) atoms. The van der Waals surface area contributed by atoms with E-state index in [1.165, 1.54) is 10.8 Å². The van der Waals surface area contributed by atoms with Gasteiger partial charge in [0.25, 0.3) is 5.56 Å². The van der Waals surface area contributed by atoms with E-state index in [9.17, 15) is 25.0 Å². The van der Waals surface area contributed by atoms with Gasteiger partial charge < -0.3 is 18.9 Å². The number of ether oxygens (including phenoxy) is 4. The van der Waals surface area contributed by atoms with E-state index in [2.05, 4.69) is 17.1 Å². The van der Waals surface area contributed by atoms with Crippen LogP contribution in [0.5, 0.6) is 11.5 Å². The summed E-state index contributed by atoms with van der Waals surface area (Å²) in [5.74, 6) is 1.30. The molecule has 4 atom stereocenters. The normalized spacial score (nSPS) is 19.4. The van der Waals surface area contributed by atoms with E-state index >= 15 is 0 Å². The molecule has 0 saturated carbocycles. The zero-order chi connectivity index (χ0) is 40.7. The number of methoxy groups -OCH3 is 2. The molecule has 1 aliphatic heterocycles. The van der Waals surface area contributed by atoms with Crippen molar-refractivity contribution >= 4 is 7.87 Å². The lowest BCUT2D eigenvalue weighted by Gasteiger charge is -2.41. The van der Waals surface area contributed by atoms with Crippen molar-refractivity contribution in [2.24, 2.45) is 0 Å². The molecule has 13 nitrogen and oxygen atoms in total. The molecule has 1 aliphatic rings. The summed E-state index contributed by atoms with van der Waals surface area (Å²) in [5.41, 5.74) is -1.48. The Morgan fingerprint density at radius 2 is 1.48 bits per heavy atom. The second-order valence-electron chi connectivity index (χ2n) is 14.4. The molecule has 1 fully saturated rings. The summed E-state index contributed by atoms with van der Waals surface area (Å²) < 4.78 is 35.2. The lowest BCUT2D eigenvalue weighted by molar-refractivity contribution is -0.115. The second kappa shape index (κ2) is 18.0. The maximum absolute atomic E-state index is 13.3. The van der Waals surface area contributed by atoms with Crippen LogP contribution in [0, 0.1) is 29.6 Å². The van der Waals surface area contributed by atoms with E-state index in [1.807, 2.05) is 111 Å². The molecule has 1 saturated heterocycles. The Labute approximate surface area is 328 Å². The maximum Gasteiger partial charge on any atom is 0.347 e. The third kappa shape index (κ3) is 8.59. The van der Waals surface area contributed by atoms with Gasteiger partial charge in [-0.05, 0) is 75.6 Å². The second-order valence-corrected chi connectivity index (χ2v) is 16.9. The van der Waals surface area contributed by atoms with Crippen LogP contribution in [0.4, 0.5) is 0 Å². The summed E-state index contributed by atoms with van der Waals surface area (Å²) in [6.45, 7) is 9.14. The quantitative estimate of drug-likeness (QED) is 0.0872. The molecule has 296 valence electrons. The highest BCUT2D eigenvalue weighted by Crippen LogP contribution is 2.66. The van der Waals surface area contributed by atoms with Crippen molar-refractivity contribution in [2.75, 3.05) is 27.0 Å². The molecule has 2 N–H and O–H groups in total. The van der Waals surface area contributed by atoms with Gasteiger partial charge in [-0.25, -0.2) is 9.69 Å². The van der Waals surface area contributed by atoms with Gasteiger partial charge in [0.05, 0.1) is 45.8 Å². The molecule has 0 spiro atoms. The Balaban J connectivity index is 1.72. The van der Waals surface area contributed by atoms with Crippen LogP contribution in [0.1, 0.15) is 75.4 Å². The monoisotopic (exact) mass is 784 g/mol. The number of aryl methyl sites for hydroxylation is 1. The Bertz CT molecular complexity index is 2070. The fraction of sp³-hybridized carbons (Fsp3) is 0.429. The van der Waals surface area contributed by atoms with E-state index < -0.39 is 42.7 Å². The average molecular weight is 785 g/mol. The van der Waals surface area contributed by atoms with E-state index in [4.69, 9.17) is 23.5 Å². The van der Waals surface area contributed by atoms with Crippen molar-refractivity contribution in [3.05, 3.63) is 128 Å². The average Bonchev–Trinajstić information content (AvgIpc) is 3.52. The minimum Gasteiger partial charge on any atom is -0.497 e. The summed E-state index contributed by atoms with van der Waals surface area (Å²) >= 11 is 0. The molecule has 1 unspecified atom stereocenters. The summed E-state index contributed by atoms with van der Waals surface area (Å²) in [5, 5.41) is 20.2. The van der Waals surface area contributed by atoms with Gasteiger partial charge in [-0.2, -0.15) is 15.0 Å². The van der Waals surface area contributed by atoms with Gasteiger partial charge in [0, 0.05) is 30.3 Å². The molecule has 5 rings (SSSR count). The Hall–Kier alpha value is -4.85. The first-order valence-corrected chi connectivity index (χ1v) is 20.4. The fourth-order valence-electron chi connectivity index (χ4n) is 7.68. The van der Waals surface area contributed by atoms with Gasteiger partial charge in [-0.1, -0.05) is 54.6 Å². The zero-order valence-electron chi connectivity index (χ0n) is 33.0. The van der Waals surface area contributed by atoms with Crippen LogP contribution in [0.2, 0.25) is 0 Å². The molecule has 14 heteroatoms. The first-order chi connectivity index (χ1) is 26.8. The van der Waals surface area contributed by atoms with E-state index in [0.717, 1.165) is 16.7 Å². The highest BCUT2D eigenvalue weighted by molar-refractivity contribution is 7.63. The minimum absolute atomic E-state index is 0.00106. The highest BCUT2D eigenvalue weighted by atomic mass is 31.2. The predicted octanol–water partition coefficient (Wildman–Crippen LogP) is 6.61. The van der Waals surface area contributed by atoms with E-state index in [-0.39, 0.29) is 49.7 Å². The van der Waals surface area contributed by atoms with Crippen LogP contribution in [-0.4, -0.2) is 69.9 Å². The van der Waals surface area contributed by atoms with Crippen molar-refractivity contribution in [1.29, 1.82) is 10.5 Å². The molecule has 2 heterocycles. The summed E-state index contributed by atoms with van der Waals surface area (Å²) in [4.78, 5) is 40.8. The predicted molar refractivity (Wildman–Crippen MR) is 213 cm³/mol. The third-order valence-corrected chi connectivity index (χ3v) is 13.3. The van der Waals surface area contributed by atoms with Gasteiger partial charge in [-0.3, -0.25) is 14.3 Å². The van der Waals surface area contributed by atoms with Crippen molar-refractivity contribution in [1.82, 2.24) is 14.2 Å². The molecule has 0 bridgehead atoms. The molecular weight excluding hydrogens is 733 g/mol. The topological polar surface area (TPSA) is 172 Å². The smallest absolute Gasteiger partial charge is 0.347 e. The van der Waals surface area contributed by atoms with E-state index in [1.54, 1.807) is 21.1 Å². The van der Waals surface area contributed by atoms with Gasteiger partial charge in [0.2, 0.25) is 0 Å². The standard InChI is InChI=1S/C42H50N5O8P/c1-29(2)47(30(3)4)56(50,25-11-23-43)55-41(22-24-44)26-38(46-27-31(5)39(48)45-40(46)49)54-37(41)28-53-42(32-12-9-8-10-13-32,33-14-18-35(51-6)19-15-33)34-16-20-36(52-7)21-17-34/h8-10,12-21,27,29-30,37-38,50H,11,22,25-26,28H2,1-7H3/p+1/t37-,38-,41+,56?/m1/s1. The summed E-state index contributed by atoms with van der Waals surface area (Å²) in [7, 11) is -0.453. The van der Waals surface area contributed by atoms with Crippen molar-refractivity contribution in [3.8, 4) is 23.6 Å². The first-order valence-electron chi connectivity index (χ1n) is 18.6.